The summed E-state index contributed by atoms with van der Waals surface area (Å²) in [5, 5.41) is 9.86. The van der Waals surface area contributed by atoms with Crippen LogP contribution in [-0.2, 0) is 4.74 Å². The standard InChI is InChI=1S/C16H22O5/c1-9(2)21-15(19)11-8-13(20-6)12(17)7-10(11)14(18)16(3,4)5/h7-9,17H,1-6H3. The van der Waals surface area contributed by atoms with E-state index in [4.69, 9.17) is 9.47 Å². The van der Waals surface area contributed by atoms with E-state index >= 15 is 0 Å². The quantitative estimate of drug-likeness (QED) is 0.682. The minimum Gasteiger partial charge on any atom is -0.504 e. The van der Waals surface area contributed by atoms with Gasteiger partial charge in [0.25, 0.3) is 0 Å². The van der Waals surface area contributed by atoms with Crippen molar-refractivity contribution >= 4 is 11.8 Å². The van der Waals surface area contributed by atoms with Crippen molar-refractivity contribution in [3.05, 3.63) is 23.3 Å². The van der Waals surface area contributed by atoms with E-state index in [1.54, 1.807) is 34.6 Å². The zero-order chi connectivity index (χ0) is 16.4. The number of aromatic hydroxyl groups is 1. The smallest absolute Gasteiger partial charge is 0.339 e. The summed E-state index contributed by atoms with van der Waals surface area (Å²) in [5.41, 5.74) is -0.460. The number of Topliss-reactive ketones (excluding diaryl/α,β-unsaturated/α-hetero) is 1. The molecule has 1 aromatic carbocycles. The van der Waals surface area contributed by atoms with Crippen LogP contribution in [0.3, 0.4) is 0 Å². The molecule has 1 rings (SSSR count). The third-order valence-corrected chi connectivity index (χ3v) is 2.81. The summed E-state index contributed by atoms with van der Waals surface area (Å²) in [7, 11) is 1.37. The highest BCUT2D eigenvalue weighted by atomic mass is 16.5. The van der Waals surface area contributed by atoms with Crippen molar-refractivity contribution in [1.29, 1.82) is 0 Å². The lowest BCUT2D eigenvalue weighted by atomic mass is 9.84. The first-order valence-electron chi connectivity index (χ1n) is 6.74. The van der Waals surface area contributed by atoms with Gasteiger partial charge in [0.05, 0.1) is 18.8 Å². The Morgan fingerprint density at radius 1 is 1.14 bits per heavy atom. The van der Waals surface area contributed by atoms with Gasteiger partial charge in [-0.2, -0.15) is 0 Å². The van der Waals surface area contributed by atoms with E-state index in [2.05, 4.69) is 0 Å². The van der Waals surface area contributed by atoms with Gasteiger partial charge in [0.1, 0.15) is 0 Å². The topological polar surface area (TPSA) is 72.8 Å². The van der Waals surface area contributed by atoms with Gasteiger partial charge >= 0.3 is 5.97 Å². The first-order valence-corrected chi connectivity index (χ1v) is 6.74. The number of ketones is 1. The fourth-order valence-electron chi connectivity index (χ4n) is 1.77. The van der Waals surface area contributed by atoms with Crippen molar-refractivity contribution in [3.8, 4) is 11.5 Å². The number of hydrogen-bond acceptors (Lipinski definition) is 5. The Kier molecular flexibility index (Phi) is 4.99. The molecule has 0 unspecified atom stereocenters. The SMILES string of the molecule is COc1cc(C(=O)OC(C)C)c(C(=O)C(C)(C)C)cc1O. The predicted molar refractivity (Wildman–Crippen MR) is 79.0 cm³/mol. The minimum absolute atomic E-state index is 0.0956. The van der Waals surface area contributed by atoms with Crippen LogP contribution in [0.1, 0.15) is 55.3 Å². The van der Waals surface area contributed by atoms with Crippen LogP contribution in [0.5, 0.6) is 11.5 Å². The molecule has 0 atom stereocenters. The second-order valence-corrected chi connectivity index (χ2v) is 6.10. The lowest BCUT2D eigenvalue weighted by molar-refractivity contribution is 0.0374. The predicted octanol–water partition coefficient (Wildman–Crippen LogP) is 3.19. The first-order chi connectivity index (χ1) is 9.57. The third kappa shape index (κ3) is 3.97. The molecule has 0 fully saturated rings. The number of phenols is 1. The third-order valence-electron chi connectivity index (χ3n) is 2.81. The average molecular weight is 294 g/mol. The summed E-state index contributed by atoms with van der Waals surface area (Å²) < 4.78 is 10.1. The summed E-state index contributed by atoms with van der Waals surface area (Å²) >= 11 is 0. The van der Waals surface area contributed by atoms with Crippen LogP contribution in [0, 0.1) is 5.41 Å². The van der Waals surface area contributed by atoms with Gasteiger partial charge in [0.15, 0.2) is 17.3 Å². The van der Waals surface area contributed by atoms with E-state index in [0.29, 0.717) is 0 Å². The molecule has 116 valence electrons. The Balaban J connectivity index is 3.44. The Labute approximate surface area is 124 Å². The van der Waals surface area contributed by atoms with Gasteiger partial charge in [-0.05, 0) is 26.0 Å². The van der Waals surface area contributed by atoms with Gasteiger partial charge in [-0.3, -0.25) is 4.79 Å². The second-order valence-electron chi connectivity index (χ2n) is 6.10. The van der Waals surface area contributed by atoms with E-state index < -0.39 is 11.4 Å². The largest absolute Gasteiger partial charge is 0.504 e. The van der Waals surface area contributed by atoms with Gasteiger partial charge in [-0.15, -0.1) is 0 Å². The van der Waals surface area contributed by atoms with Crippen molar-refractivity contribution in [3.63, 3.8) is 0 Å². The normalized spacial score (nSPS) is 11.4. The van der Waals surface area contributed by atoms with Gasteiger partial charge in [-0.25, -0.2) is 4.79 Å². The molecule has 0 bridgehead atoms. The van der Waals surface area contributed by atoms with Crippen molar-refractivity contribution in [2.45, 2.75) is 40.7 Å². The van der Waals surface area contributed by atoms with Crippen molar-refractivity contribution in [1.82, 2.24) is 0 Å². The molecule has 0 aliphatic rings. The fourth-order valence-corrected chi connectivity index (χ4v) is 1.77. The highest BCUT2D eigenvalue weighted by Gasteiger charge is 2.29. The summed E-state index contributed by atoms with van der Waals surface area (Å²) in [6, 6.07) is 2.59. The molecular formula is C16H22O5. The van der Waals surface area contributed by atoms with E-state index in [-0.39, 0.29) is 34.5 Å². The van der Waals surface area contributed by atoms with Gasteiger partial charge in [0, 0.05) is 11.0 Å². The molecule has 0 aliphatic heterocycles. The monoisotopic (exact) mass is 294 g/mol. The van der Waals surface area contributed by atoms with E-state index in [9.17, 15) is 14.7 Å². The molecule has 5 heteroatoms. The molecule has 0 saturated carbocycles. The molecular weight excluding hydrogens is 272 g/mol. The molecule has 21 heavy (non-hydrogen) atoms. The molecule has 0 heterocycles. The molecule has 0 amide bonds. The van der Waals surface area contributed by atoms with Crippen LogP contribution in [0.4, 0.5) is 0 Å². The molecule has 0 radical (unpaired) electrons. The molecule has 5 nitrogen and oxygen atoms in total. The number of phenolic OH excluding ortho intramolecular Hbond substituents is 1. The maximum atomic E-state index is 12.5. The van der Waals surface area contributed by atoms with E-state index in [1.165, 1.54) is 19.2 Å². The van der Waals surface area contributed by atoms with Crippen LogP contribution in [-0.4, -0.2) is 30.1 Å². The number of esters is 1. The molecule has 1 N–H and O–H groups in total. The number of methoxy groups -OCH3 is 1. The zero-order valence-electron chi connectivity index (χ0n) is 13.3. The Hall–Kier alpha value is -2.04. The highest BCUT2D eigenvalue weighted by Crippen LogP contribution is 2.33. The number of carbonyl (C=O) groups excluding carboxylic acids is 2. The van der Waals surface area contributed by atoms with Gasteiger partial charge in [-0.1, -0.05) is 20.8 Å². The van der Waals surface area contributed by atoms with Crippen LogP contribution in [0.2, 0.25) is 0 Å². The number of carbonyl (C=O) groups is 2. The summed E-state index contributed by atoms with van der Waals surface area (Å²) in [6.07, 6.45) is -0.310. The van der Waals surface area contributed by atoms with E-state index in [1.807, 2.05) is 0 Å². The number of ether oxygens (including phenoxy) is 2. The Bertz CT molecular complexity index is 553. The number of rotatable bonds is 4. The fraction of sp³-hybridized carbons (Fsp3) is 0.500. The number of benzene rings is 1. The minimum atomic E-state index is -0.687. The van der Waals surface area contributed by atoms with Crippen molar-refractivity contribution in [2.24, 2.45) is 5.41 Å². The first kappa shape index (κ1) is 17.0. The average Bonchev–Trinajstić information content (AvgIpc) is 2.35. The molecule has 0 saturated heterocycles. The van der Waals surface area contributed by atoms with Crippen LogP contribution >= 0.6 is 0 Å². The summed E-state index contributed by atoms with van der Waals surface area (Å²) in [4.78, 5) is 24.6. The number of hydrogen-bond donors (Lipinski definition) is 1. The maximum absolute atomic E-state index is 12.5. The van der Waals surface area contributed by atoms with Crippen LogP contribution in [0.15, 0.2) is 12.1 Å². The van der Waals surface area contributed by atoms with Crippen molar-refractivity contribution < 1.29 is 24.2 Å². The molecule has 1 aromatic rings. The molecule has 0 spiro atoms. The maximum Gasteiger partial charge on any atom is 0.339 e. The van der Waals surface area contributed by atoms with Crippen molar-refractivity contribution in [2.75, 3.05) is 7.11 Å². The Morgan fingerprint density at radius 2 is 1.71 bits per heavy atom. The molecule has 0 aromatic heterocycles. The summed E-state index contributed by atoms with van der Waals surface area (Å²) in [6.45, 7) is 8.68. The van der Waals surface area contributed by atoms with Gasteiger partial charge < -0.3 is 14.6 Å². The second kappa shape index (κ2) is 6.16. The van der Waals surface area contributed by atoms with Gasteiger partial charge in [0.2, 0.25) is 0 Å². The molecule has 0 aliphatic carbocycles. The van der Waals surface area contributed by atoms with E-state index in [0.717, 1.165) is 0 Å². The lowest BCUT2D eigenvalue weighted by Crippen LogP contribution is -2.24. The summed E-state index contributed by atoms with van der Waals surface area (Å²) in [5.74, 6) is -0.936. The lowest BCUT2D eigenvalue weighted by Gasteiger charge is -2.20. The highest BCUT2D eigenvalue weighted by molar-refractivity contribution is 6.09. The van der Waals surface area contributed by atoms with Crippen LogP contribution in [0.25, 0.3) is 0 Å². The zero-order valence-corrected chi connectivity index (χ0v) is 13.3. The Morgan fingerprint density at radius 3 is 2.14 bits per heavy atom. The van der Waals surface area contributed by atoms with Crippen LogP contribution < -0.4 is 4.74 Å².